The third kappa shape index (κ3) is 7.31. The first-order valence-electron chi connectivity index (χ1n) is 10.6. The molecule has 2 N–H and O–H groups in total. The van der Waals surface area contributed by atoms with E-state index in [-0.39, 0.29) is 29.9 Å². The summed E-state index contributed by atoms with van der Waals surface area (Å²) < 4.78 is 0. The Kier molecular flexibility index (Phi) is 10.1. The summed E-state index contributed by atoms with van der Waals surface area (Å²) in [5.41, 5.74) is 4.34. The van der Waals surface area contributed by atoms with Crippen LogP contribution in [-0.2, 0) is 13.1 Å². The van der Waals surface area contributed by atoms with Crippen LogP contribution in [0.5, 0.6) is 0 Å². The molecular weight excluding hydrogens is 487 g/mol. The molecule has 1 fully saturated rings. The molecule has 1 aliphatic heterocycles. The fraction of sp³-hybridized carbons (Fsp3) is 0.417. The van der Waals surface area contributed by atoms with Crippen LogP contribution in [0.4, 0.5) is 0 Å². The van der Waals surface area contributed by atoms with Gasteiger partial charge in [-0.1, -0.05) is 42.0 Å². The first-order chi connectivity index (χ1) is 14.2. The fourth-order valence-corrected chi connectivity index (χ4v) is 3.44. The summed E-state index contributed by atoms with van der Waals surface area (Å²) in [5.74, 6) is 0.939. The Morgan fingerprint density at radius 2 is 1.57 bits per heavy atom. The van der Waals surface area contributed by atoms with Crippen LogP contribution >= 0.6 is 24.0 Å². The van der Waals surface area contributed by atoms with E-state index in [9.17, 15) is 4.79 Å². The molecule has 2 aromatic carbocycles. The van der Waals surface area contributed by atoms with Crippen molar-refractivity contribution in [1.29, 1.82) is 0 Å². The van der Waals surface area contributed by atoms with Gasteiger partial charge in [-0.3, -0.25) is 4.79 Å². The van der Waals surface area contributed by atoms with Gasteiger partial charge < -0.3 is 15.5 Å². The lowest BCUT2D eigenvalue weighted by Crippen LogP contribution is -2.36. The number of nitrogens with zero attached hydrogens (tertiary/aromatic N) is 2. The van der Waals surface area contributed by atoms with E-state index in [1.165, 1.54) is 17.5 Å². The number of aryl methyl sites for hydroxylation is 1. The molecule has 6 heteroatoms. The number of hydrogen-bond donors (Lipinski definition) is 2. The summed E-state index contributed by atoms with van der Waals surface area (Å²) in [4.78, 5) is 19.2. The Balaban J connectivity index is 0.00000320. The predicted molar refractivity (Wildman–Crippen MR) is 134 cm³/mol. The average molecular weight is 520 g/mol. The number of likely N-dealkylation sites (tertiary alicyclic amines) is 1. The van der Waals surface area contributed by atoms with Gasteiger partial charge in [-0.05, 0) is 56.4 Å². The number of hydrogen-bond acceptors (Lipinski definition) is 2. The topological polar surface area (TPSA) is 56.7 Å². The second-order valence-electron chi connectivity index (χ2n) is 7.58. The minimum absolute atomic E-state index is 0. The van der Waals surface area contributed by atoms with Gasteiger partial charge in [0.1, 0.15) is 0 Å². The molecule has 0 radical (unpaired) electrons. The minimum Gasteiger partial charge on any atom is -0.357 e. The summed E-state index contributed by atoms with van der Waals surface area (Å²) in [6.45, 7) is 8.02. The number of amides is 1. The van der Waals surface area contributed by atoms with Gasteiger partial charge in [0.15, 0.2) is 5.96 Å². The van der Waals surface area contributed by atoms with Crippen LogP contribution in [0.2, 0.25) is 0 Å². The Hall–Kier alpha value is -2.09. The third-order valence-electron chi connectivity index (χ3n) is 5.19. The Morgan fingerprint density at radius 1 is 0.933 bits per heavy atom. The highest BCUT2D eigenvalue weighted by Gasteiger charge is 2.17. The predicted octanol–water partition coefficient (Wildman–Crippen LogP) is 4.49. The normalized spacial score (nSPS) is 14.1. The molecule has 1 saturated heterocycles. The monoisotopic (exact) mass is 520 g/mol. The number of guanidine groups is 1. The van der Waals surface area contributed by atoms with Crippen molar-refractivity contribution in [2.24, 2.45) is 4.99 Å². The van der Waals surface area contributed by atoms with Gasteiger partial charge in [-0.2, -0.15) is 0 Å². The largest absolute Gasteiger partial charge is 0.357 e. The molecule has 0 saturated carbocycles. The lowest BCUT2D eigenvalue weighted by Gasteiger charge is -2.26. The molecule has 30 heavy (non-hydrogen) atoms. The van der Waals surface area contributed by atoms with Gasteiger partial charge in [0.2, 0.25) is 0 Å². The smallest absolute Gasteiger partial charge is 0.253 e. The van der Waals surface area contributed by atoms with Gasteiger partial charge in [0.25, 0.3) is 5.91 Å². The number of nitrogens with one attached hydrogen (secondary N) is 2. The highest BCUT2D eigenvalue weighted by molar-refractivity contribution is 14.0. The number of benzene rings is 2. The second-order valence-corrected chi connectivity index (χ2v) is 7.58. The van der Waals surface area contributed by atoms with Crippen molar-refractivity contribution in [2.75, 3.05) is 19.6 Å². The first-order valence-corrected chi connectivity index (χ1v) is 10.6. The zero-order valence-corrected chi connectivity index (χ0v) is 20.3. The zero-order chi connectivity index (χ0) is 20.5. The molecule has 0 aromatic heterocycles. The number of carbonyl (C=O) groups excluding carboxylic acids is 1. The van der Waals surface area contributed by atoms with Crippen LogP contribution in [0.25, 0.3) is 0 Å². The Morgan fingerprint density at radius 3 is 2.20 bits per heavy atom. The van der Waals surface area contributed by atoms with E-state index in [1.807, 2.05) is 29.2 Å². The van der Waals surface area contributed by atoms with Crippen molar-refractivity contribution >= 4 is 35.8 Å². The minimum atomic E-state index is 0. The van der Waals surface area contributed by atoms with Crippen molar-refractivity contribution in [3.8, 4) is 0 Å². The van der Waals surface area contributed by atoms with Gasteiger partial charge in [0.05, 0.1) is 6.54 Å². The number of rotatable bonds is 6. The van der Waals surface area contributed by atoms with Crippen molar-refractivity contribution in [3.63, 3.8) is 0 Å². The molecule has 0 atom stereocenters. The summed E-state index contributed by atoms with van der Waals surface area (Å²) in [6, 6.07) is 16.4. The van der Waals surface area contributed by atoms with Crippen LogP contribution in [-0.4, -0.2) is 36.4 Å². The molecule has 2 aromatic rings. The second kappa shape index (κ2) is 12.6. The number of halogens is 1. The maximum absolute atomic E-state index is 12.6. The summed E-state index contributed by atoms with van der Waals surface area (Å²) in [6.07, 6.45) is 3.45. The number of aliphatic imine (C=N–C) groups is 1. The fourth-order valence-electron chi connectivity index (χ4n) is 3.44. The molecule has 1 heterocycles. The Labute approximate surface area is 197 Å². The van der Waals surface area contributed by atoms with Crippen molar-refractivity contribution in [2.45, 2.75) is 46.2 Å². The van der Waals surface area contributed by atoms with E-state index >= 15 is 0 Å². The van der Waals surface area contributed by atoms with Crippen LogP contribution < -0.4 is 10.6 Å². The van der Waals surface area contributed by atoms with Crippen molar-refractivity contribution in [3.05, 3.63) is 70.8 Å². The van der Waals surface area contributed by atoms with E-state index in [2.05, 4.69) is 53.7 Å². The van der Waals surface area contributed by atoms with Gasteiger partial charge in [0, 0.05) is 31.7 Å². The molecule has 0 unspecified atom stereocenters. The first kappa shape index (κ1) is 24.2. The van der Waals surface area contributed by atoms with Crippen molar-refractivity contribution in [1.82, 2.24) is 15.5 Å². The number of piperidine rings is 1. The summed E-state index contributed by atoms with van der Waals surface area (Å²) >= 11 is 0. The standard InChI is InChI=1S/C24H32N4O.HI/c1-3-25-24(26-17-20-9-7-19(2)8-10-20)27-18-21-11-13-22(14-12-21)23(29)28-15-5-4-6-16-28;/h7-14H,3-6,15-18H2,1-2H3,(H2,25,26,27);1H. The molecule has 3 rings (SSSR count). The van der Waals surface area contributed by atoms with Gasteiger partial charge in [-0.15, -0.1) is 24.0 Å². The summed E-state index contributed by atoms with van der Waals surface area (Å²) in [5, 5.41) is 6.66. The van der Waals surface area contributed by atoms with E-state index in [1.54, 1.807) is 0 Å². The van der Waals surface area contributed by atoms with Crippen molar-refractivity contribution < 1.29 is 4.79 Å². The van der Waals surface area contributed by atoms with Gasteiger partial charge in [-0.25, -0.2) is 4.99 Å². The molecule has 0 spiro atoms. The Bertz CT molecular complexity index is 812. The maximum atomic E-state index is 12.6. The van der Waals surface area contributed by atoms with E-state index in [0.29, 0.717) is 6.54 Å². The SMILES string of the molecule is CCNC(=NCc1ccc(C(=O)N2CCCCC2)cc1)NCc1ccc(C)cc1.I. The molecule has 1 aliphatic rings. The highest BCUT2D eigenvalue weighted by atomic mass is 127. The van der Waals surface area contributed by atoms with E-state index in [4.69, 9.17) is 0 Å². The molecule has 162 valence electrons. The lowest BCUT2D eigenvalue weighted by atomic mass is 10.1. The summed E-state index contributed by atoms with van der Waals surface area (Å²) in [7, 11) is 0. The lowest BCUT2D eigenvalue weighted by molar-refractivity contribution is 0.0724. The third-order valence-corrected chi connectivity index (χ3v) is 5.19. The molecule has 5 nitrogen and oxygen atoms in total. The van der Waals surface area contributed by atoms with Crippen LogP contribution in [0, 0.1) is 6.92 Å². The molecule has 0 aliphatic carbocycles. The van der Waals surface area contributed by atoms with Gasteiger partial charge >= 0.3 is 0 Å². The van der Waals surface area contributed by atoms with Crippen LogP contribution in [0.1, 0.15) is 53.2 Å². The zero-order valence-electron chi connectivity index (χ0n) is 18.0. The average Bonchev–Trinajstić information content (AvgIpc) is 2.77. The maximum Gasteiger partial charge on any atom is 0.253 e. The van der Waals surface area contributed by atoms with Crippen LogP contribution in [0.15, 0.2) is 53.5 Å². The molecule has 0 bridgehead atoms. The van der Waals surface area contributed by atoms with Crippen LogP contribution in [0.3, 0.4) is 0 Å². The number of carbonyl (C=O) groups is 1. The quantitative estimate of drug-likeness (QED) is 0.335. The highest BCUT2D eigenvalue weighted by Crippen LogP contribution is 2.14. The molecule has 1 amide bonds. The molecular formula is C24H33IN4O. The van der Waals surface area contributed by atoms with E-state index < -0.39 is 0 Å². The van der Waals surface area contributed by atoms with E-state index in [0.717, 1.165) is 56.1 Å².